The Morgan fingerprint density at radius 3 is 2.50 bits per heavy atom. The van der Waals surface area contributed by atoms with Crippen LogP contribution in [0.2, 0.25) is 0 Å². The summed E-state index contributed by atoms with van der Waals surface area (Å²) in [5.41, 5.74) is 0.612. The zero-order valence-corrected chi connectivity index (χ0v) is 16.8. The van der Waals surface area contributed by atoms with Gasteiger partial charge in [-0.05, 0) is 66.8 Å². The van der Waals surface area contributed by atoms with Gasteiger partial charge in [0.25, 0.3) is 0 Å². The molecule has 0 unspecified atom stereocenters. The lowest BCUT2D eigenvalue weighted by Crippen LogP contribution is -2.43. The third kappa shape index (κ3) is 4.56. The summed E-state index contributed by atoms with van der Waals surface area (Å²) in [6.45, 7) is 0.608. The van der Waals surface area contributed by atoms with Crippen molar-refractivity contribution >= 4 is 28.4 Å². The number of alkyl halides is 3. The fourth-order valence-electron chi connectivity index (χ4n) is 3.99. The predicted octanol–water partition coefficient (Wildman–Crippen LogP) is 4.74. The smallest absolute Gasteiger partial charge is 0.334 e. The van der Waals surface area contributed by atoms with E-state index in [0.717, 1.165) is 29.1 Å². The number of piperidine rings is 1. The van der Waals surface area contributed by atoms with Gasteiger partial charge in [0.1, 0.15) is 5.82 Å². The molecule has 0 aliphatic carbocycles. The van der Waals surface area contributed by atoms with E-state index in [9.17, 15) is 27.2 Å². The molecular formula is C23H19F4N3O2. The summed E-state index contributed by atoms with van der Waals surface area (Å²) in [5, 5.41) is 2.97. The predicted molar refractivity (Wildman–Crippen MR) is 110 cm³/mol. The van der Waals surface area contributed by atoms with Gasteiger partial charge in [0.05, 0.1) is 11.1 Å². The second-order valence-corrected chi connectivity index (χ2v) is 7.66. The monoisotopic (exact) mass is 445 g/mol. The summed E-state index contributed by atoms with van der Waals surface area (Å²) >= 11 is 0. The Morgan fingerprint density at radius 2 is 1.78 bits per heavy atom. The lowest BCUT2D eigenvalue weighted by atomic mass is 9.87. The molecule has 1 aromatic heterocycles. The number of halogens is 4. The molecule has 0 bridgehead atoms. The fourth-order valence-corrected chi connectivity index (χ4v) is 3.99. The zero-order chi connectivity index (χ0) is 22.9. The largest absolute Gasteiger partial charge is 0.416 e. The summed E-state index contributed by atoms with van der Waals surface area (Å²) in [7, 11) is 0. The molecule has 0 spiro atoms. The van der Waals surface area contributed by atoms with Gasteiger partial charge in [-0.3, -0.25) is 14.6 Å². The van der Waals surface area contributed by atoms with Crippen molar-refractivity contribution in [2.45, 2.75) is 24.9 Å². The third-order valence-electron chi connectivity index (χ3n) is 5.60. The Bertz CT molecular complexity index is 1170. The molecule has 1 fully saturated rings. The number of benzene rings is 2. The first-order valence-corrected chi connectivity index (χ1v) is 10.0. The minimum absolute atomic E-state index is 0.0675. The normalized spacial score (nSPS) is 15.1. The summed E-state index contributed by atoms with van der Waals surface area (Å²) < 4.78 is 52.2. The maximum absolute atomic E-state index is 13.7. The quantitative estimate of drug-likeness (QED) is 0.458. The first kappa shape index (κ1) is 21.7. The molecule has 1 N–H and O–H groups in total. The van der Waals surface area contributed by atoms with Gasteiger partial charge in [-0.1, -0.05) is 6.07 Å². The van der Waals surface area contributed by atoms with Crippen molar-refractivity contribution < 1.29 is 27.2 Å². The van der Waals surface area contributed by atoms with Gasteiger partial charge < -0.3 is 10.2 Å². The number of hydrogen-bond acceptors (Lipinski definition) is 3. The van der Waals surface area contributed by atoms with Crippen LogP contribution < -0.4 is 5.32 Å². The number of nitrogens with zero attached hydrogens (tertiary/aromatic N) is 2. The number of carbonyl (C=O) groups excluding carboxylic acids is 2. The number of nitrogens with one attached hydrogen (secondary N) is 1. The standard InChI is InChI=1S/C23H19F4N3O2/c24-16-4-5-20-19(13-16)18(6-9-28-20)14-7-10-30(11-8-14)22(32)21(31)29-17-3-1-2-15(12-17)23(25,26)27/h1-6,9,12-14H,7-8,10-11H2,(H,29,31). The summed E-state index contributed by atoms with van der Waals surface area (Å²) in [6, 6.07) is 10.4. The van der Waals surface area contributed by atoms with Crippen molar-refractivity contribution in [2.24, 2.45) is 0 Å². The van der Waals surface area contributed by atoms with E-state index < -0.39 is 23.6 Å². The molecule has 2 aromatic carbocycles. The summed E-state index contributed by atoms with van der Waals surface area (Å²) in [4.78, 5) is 30.4. The van der Waals surface area contributed by atoms with Crippen LogP contribution in [0.4, 0.5) is 23.2 Å². The van der Waals surface area contributed by atoms with Gasteiger partial charge in [-0.15, -0.1) is 0 Å². The van der Waals surface area contributed by atoms with Gasteiger partial charge in [-0.25, -0.2) is 4.39 Å². The number of anilines is 1. The molecule has 2 heterocycles. The van der Waals surface area contributed by atoms with Crippen LogP contribution in [0.5, 0.6) is 0 Å². The molecule has 0 atom stereocenters. The maximum Gasteiger partial charge on any atom is 0.416 e. The van der Waals surface area contributed by atoms with Crippen molar-refractivity contribution in [1.82, 2.24) is 9.88 Å². The number of aromatic nitrogens is 1. The van der Waals surface area contributed by atoms with E-state index in [1.165, 1.54) is 23.1 Å². The van der Waals surface area contributed by atoms with Crippen LogP contribution in [-0.4, -0.2) is 34.8 Å². The molecule has 5 nitrogen and oxygen atoms in total. The van der Waals surface area contributed by atoms with Crippen molar-refractivity contribution in [3.05, 3.63) is 71.7 Å². The van der Waals surface area contributed by atoms with E-state index in [4.69, 9.17) is 0 Å². The molecule has 166 valence electrons. The second-order valence-electron chi connectivity index (χ2n) is 7.66. The van der Waals surface area contributed by atoms with E-state index >= 15 is 0 Å². The third-order valence-corrected chi connectivity index (χ3v) is 5.60. The highest BCUT2D eigenvalue weighted by Crippen LogP contribution is 2.33. The van der Waals surface area contributed by atoms with Crippen LogP contribution in [0.25, 0.3) is 10.9 Å². The number of amides is 2. The number of likely N-dealkylation sites (tertiary alicyclic amines) is 1. The minimum Gasteiger partial charge on any atom is -0.334 e. The summed E-state index contributed by atoms with van der Waals surface area (Å²) in [5.74, 6) is -2.07. The van der Waals surface area contributed by atoms with Gasteiger partial charge in [0, 0.05) is 30.4 Å². The molecule has 1 aliphatic heterocycles. The molecule has 1 saturated heterocycles. The van der Waals surface area contributed by atoms with Crippen molar-refractivity contribution in [3.8, 4) is 0 Å². The fraction of sp³-hybridized carbons (Fsp3) is 0.261. The molecule has 2 amide bonds. The van der Waals surface area contributed by atoms with Gasteiger partial charge in [0.15, 0.2) is 0 Å². The van der Waals surface area contributed by atoms with E-state index in [1.807, 2.05) is 6.07 Å². The molecular weight excluding hydrogens is 426 g/mol. The average Bonchev–Trinajstić information content (AvgIpc) is 2.78. The SMILES string of the molecule is O=C(Nc1cccc(C(F)(F)F)c1)C(=O)N1CCC(c2ccnc3ccc(F)cc23)CC1. The molecule has 0 saturated carbocycles. The summed E-state index contributed by atoms with van der Waals surface area (Å²) in [6.07, 6.45) is -1.75. The Morgan fingerprint density at radius 1 is 1.03 bits per heavy atom. The van der Waals surface area contributed by atoms with E-state index in [2.05, 4.69) is 10.3 Å². The van der Waals surface area contributed by atoms with Crippen LogP contribution in [-0.2, 0) is 15.8 Å². The number of carbonyl (C=O) groups is 2. The number of fused-ring (bicyclic) bond motifs is 1. The van der Waals surface area contributed by atoms with Crippen LogP contribution >= 0.6 is 0 Å². The number of hydrogen-bond donors (Lipinski definition) is 1. The van der Waals surface area contributed by atoms with Crippen molar-refractivity contribution in [2.75, 3.05) is 18.4 Å². The Hall–Kier alpha value is -3.49. The van der Waals surface area contributed by atoms with Gasteiger partial charge >= 0.3 is 18.0 Å². The molecule has 4 rings (SSSR count). The van der Waals surface area contributed by atoms with Crippen LogP contribution in [0, 0.1) is 5.82 Å². The van der Waals surface area contributed by atoms with E-state index in [1.54, 1.807) is 12.3 Å². The number of pyridine rings is 1. The first-order chi connectivity index (χ1) is 15.2. The van der Waals surface area contributed by atoms with Gasteiger partial charge in [0.2, 0.25) is 0 Å². The zero-order valence-electron chi connectivity index (χ0n) is 16.8. The Kier molecular flexibility index (Phi) is 5.82. The maximum atomic E-state index is 13.7. The molecule has 1 aliphatic rings. The minimum atomic E-state index is -4.55. The highest BCUT2D eigenvalue weighted by atomic mass is 19.4. The van der Waals surface area contributed by atoms with Crippen LogP contribution in [0.15, 0.2) is 54.7 Å². The molecule has 32 heavy (non-hydrogen) atoms. The Balaban J connectivity index is 1.41. The van der Waals surface area contributed by atoms with Crippen LogP contribution in [0.1, 0.15) is 29.9 Å². The van der Waals surface area contributed by atoms with Gasteiger partial charge in [-0.2, -0.15) is 13.2 Å². The highest BCUT2D eigenvalue weighted by molar-refractivity contribution is 6.39. The lowest BCUT2D eigenvalue weighted by molar-refractivity contribution is -0.143. The molecule has 0 radical (unpaired) electrons. The second kappa shape index (κ2) is 8.57. The van der Waals surface area contributed by atoms with Crippen molar-refractivity contribution in [1.29, 1.82) is 0 Å². The lowest BCUT2D eigenvalue weighted by Gasteiger charge is -2.32. The van der Waals surface area contributed by atoms with Crippen molar-refractivity contribution in [3.63, 3.8) is 0 Å². The topological polar surface area (TPSA) is 62.3 Å². The molecule has 9 heteroatoms. The highest BCUT2D eigenvalue weighted by Gasteiger charge is 2.31. The molecule has 3 aromatic rings. The first-order valence-electron chi connectivity index (χ1n) is 10.0. The van der Waals surface area contributed by atoms with Crippen LogP contribution in [0.3, 0.4) is 0 Å². The average molecular weight is 445 g/mol. The van der Waals surface area contributed by atoms with E-state index in [0.29, 0.717) is 31.4 Å². The van der Waals surface area contributed by atoms with E-state index in [-0.39, 0.29) is 17.4 Å². The number of rotatable bonds is 2. The Labute approximate surface area is 181 Å².